The number of amides is 2. The molecule has 0 heterocycles. The standard InChI is InChI=1S/C30H37N3O5S2/c1-6-26(30(35)31-4)32(20-23-14-12-22(3)13-15-23)29(34)21-33(27-10-8-9-11-28(27)38-7-2)40(36,37)25-18-16-24(39-5)17-19-25/h8-19,26H,6-7,20-21H2,1-5H3,(H,31,35)/t26-/m1/s1. The molecule has 0 unspecified atom stereocenters. The topological polar surface area (TPSA) is 96.0 Å². The molecule has 0 bridgehead atoms. The molecule has 0 aromatic heterocycles. The summed E-state index contributed by atoms with van der Waals surface area (Å²) < 4.78 is 35.0. The highest BCUT2D eigenvalue weighted by Crippen LogP contribution is 2.33. The summed E-state index contributed by atoms with van der Waals surface area (Å²) in [4.78, 5) is 29.3. The highest BCUT2D eigenvalue weighted by atomic mass is 32.2. The first-order chi connectivity index (χ1) is 19.2. The summed E-state index contributed by atoms with van der Waals surface area (Å²) in [5, 5.41) is 2.64. The molecule has 214 valence electrons. The van der Waals surface area contributed by atoms with Gasteiger partial charge in [0.15, 0.2) is 0 Å². The van der Waals surface area contributed by atoms with E-state index in [9.17, 15) is 18.0 Å². The van der Waals surface area contributed by atoms with Gasteiger partial charge in [0.05, 0.1) is 17.2 Å². The second-order valence-corrected chi connectivity index (χ2v) is 11.9. The molecule has 2 amide bonds. The molecule has 0 saturated heterocycles. The first-order valence-corrected chi connectivity index (χ1v) is 15.8. The number of hydrogen-bond donors (Lipinski definition) is 1. The first kappa shape index (κ1) is 31.0. The zero-order valence-corrected chi connectivity index (χ0v) is 25.2. The molecule has 0 radical (unpaired) electrons. The lowest BCUT2D eigenvalue weighted by Gasteiger charge is -2.33. The zero-order chi connectivity index (χ0) is 29.3. The van der Waals surface area contributed by atoms with Crippen LogP contribution < -0.4 is 14.4 Å². The Morgan fingerprint density at radius 1 is 0.975 bits per heavy atom. The van der Waals surface area contributed by atoms with E-state index >= 15 is 0 Å². The number of aryl methyl sites for hydroxylation is 1. The minimum Gasteiger partial charge on any atom is -0.492 e. The van der Waals surface area contributed by atoms with Crippen molar-refractivity contribution in [3.63, 3.8) is 0 Å². The number of sulfonamides is 1. The van der Waals surface area contributed by atoms with Crippen LogP contribution in [0.2, 0.25) is 0 Å². The summed E-state index contributed by atoms with van der Waals surface area (Å²) >= 11 is 1.50. The van der Waals surface area contributed by atoms with Crippen LogP contribution in [-0.2, 0) is 26.2 Å². The molecular weight excluding hydrogens is 546 g/mol. The number of hydrogen-bond acceptors (Lipinski definition) is 6. The molecule has 0 aliphatic carbocycles. The van der Waals surface area contributed by atoms with Crippen LogP contribution in [0.4, 0.5) is 5.69 Å². The van der Waals surface area contributed by atoms with Crippen molar-refractivity contribution < 1.29 is 22.7 Å². The Labute approximate surface area is 241 Å². The lowest BCUT2D eigenvalue weighted by Crippen LogP contribution is -2.51. The Morgan fingerprint density at radius 2 is 1.62 bits per heavy atom. The molecule has 0 aliphatic rings. The van der Waals surface area contributed by atoms with Crippen molar-refractivity contribution in [1.29, 1.82) is 0 Å². The van der Waals surface area contributed by atoms with Gasteiger partial charge in [0, 0.05) is 18.5 Å². The van der Waals surface area contributed by atoms with Gasteiger partial charge in [-0.25, -0.2) is 8.42 Å². The molecule has 0 fully saturated rings. The normalized spacial score (nSPS) is 11.9. The van der Waals surface area contributed by atoms with Gasteiger partial charge in [0.2, 0.25) is 11.8 Å². The third kappa shape index (κ3) is 7.37. The molecule has 8 nitrogen and oxygen atoms in total. The van der Waals surface area contributed by atoms with E-state index in [4.69, 9.17) is 4.74 Å². The van der Waals surface area contributed by atoms with Crippen LogP contribution in [0.1, 0.15) is 31.4 Å². The predicted molar refractivity (Wildman–Crippen MR) is 160 cm³/mol. The fourth-order valence-electron chi connectivity index (χ4n) is 4.31. The van der Waals surface area contributed by atoms with Crippen LogP contribution in [0.3, 0.4) is 0 Å². The number of anilines is 1. The Morgan fingerprint density at radius 3 is 2.20 bits per heavy atom. The summed E-state index contributed by atoms with van der Waals surface area (Å²) in [6, 6.07) is 20.2. The van der Waals surface area contributed by atoms with Gasteiger partial charge in [0.1, 0.15) is 18.3 Å². The smallest absolute Gasteiger partial charge is 0.264 e. The Hall–Kier alpha value is -3.50. The van der Waals surface area contributed by atoms with Gasteiger partial charge in [-0.15, -0.1) is 11.8 Å². The number of nitrogens with zero attached hydrogens (tertiary/aromatic N) is 2. The Kier molecular flexibility index (Phi) is 11.0. The summed E-state index contributed by atoms with van der Waals surface area (Å²) in [6.45, 7) is 5.54. The predicted octanol–water partition coefficient (Wildman–Crippen LogP) is 4.86. The third-order valence-electron chi connectivity index (χ3n) is 6.47. The van der Waals surface area contributed by atoms with E-state index in [-0.39, 0.29) is 23.0 Å². The van der Waals surface area contributed by atoms with Gasteiger partial charge in [-0.1, -0.05) is 48.9 Å². The van der Waals surface area contributed by atoms with Gasteiger partial charge in [-0.3, -0.25) is 13.9 Å². The van der Waals surface area contributed by atoms with Crippen LogP contribution in [0, 0.1) is 6.92 Å². The number of para-hydroxylation sites is 2. The SMILES string of the molecule is CCOc1ccccc1N(CC(=O)N(Cc1ccc(C)cc1)[C@H](CC)C(=O)NC)S(=O)(=O)c1ccc(SC)cc1. The van der Waals surface area contributed by atoms with Crippen molar-refractivity contribution in [2.45, 2.75) is 49.6 Å². The number of benzene rings is 3. The Balaban J connectivity index is 2.10. The van der Waals surface area contributed by atoms with Gasteiger partial charge in [0.25, 0.3) is 10.0 Å². The van der Waals surface area contributed by atoms with Crippen LogP contribution in [0.25, 0.3) is 0 Å². The summed E-state index contributed by atoms with van der Waals surface area (Å²) in [5.74, 6) is -0.489. The molecule has 1 atom stereocenters. The number of rotatable bonds is 13. The number of ether oxygens (including phenoxy) is 1. The maximum Gasteiger partial charge on any atom is 0.264 e. The molecule has 0 spiro atoms. The number of carbonyl (C=O) groups excluding carboxylic acids is 2. The second kappa shape index (κ2) is 14.2. The monoisotopic (exact) mass is 583 g/mol. The molecule has 0 saturated carbocycles. The van der Waals surface area contributed by atoms with E-state index in [0.717, 1.165) is 20.3 Å². The third-order valence-corrected chi connectivity index (χ3v) is 8.98. The van der Waals surface area contributed by atoms with Crippen molar-refractivity contribution in [3.05, 3.63) is 83.9 Å². The van der Waals surface area contributed by atoms with E-state index in [0.29, 0.717) is 18.8 Å². The quantitative estimate of drug-likeness (QED) is 0.289. The van der Waals surface area contributed by atoms with Crippen molar-refractivity contribution in [3.8, 4) is 5.75 Å². The van der Waals surface area contributed by atoms with Gasteiger partial charge in [-0.05, 0) is 68.5 Å². The Bertz CT molecular complexity index is 1390. The maximum absolute atomic E-state index is 14.1. The number of likely N-dealkylation sites (N-methyl/N-ethyl adjacent to an activating group) is 1. The second-order valence-electron chi connectivity index (χ2n) is 9.13. The first-order valence-electron chi connectivity index (χ1n) is 13.1. The number of carbonyl (C=O) groups is 2. The van der Waals surface area contributed by atoms with Crippen LogP contribution in [-0.4, -0.2) is 57.6 Å². The van der Waals surface area contributed by atoms with Gasteiger partial charge >= 0.3 is 0 Å². The highest BCUT2D eigenvalue weighted by Gasteiger charge is 2.34. The summed E-state index contributed by atoms with van der Waals surface area (Å²) in [7, 11) is -2.67. The molecule has 1 N–H and O–H groups in total. The summed E-state index contributed by atoms with van der Waals surface area (Å²) in [6.07, 6.45) is 2.27. The lowest BCUT2D eigenvalue weighted by molar-refractivity contribution is -0.140. The molecule has 0 aliphatic heterocycles. The maximum atomic E-state index is 14.1. The number of nitrogens with one attached hydrogen (secondary N) is 1. The zero-order valence-electron chi connectivity index (χ0n) is 23.6. The summed E-state index contributed by atoms with van der Waals surface area (Å²) in [5.41, 5.74) is 2.14. The largest absolute Gasteiger partial charge is 0.492 e. The molecule has 10 heteroatoms. The van der Waals surface area contributed by atoms with Crippen molar-refractivity contribution in [1.82, 2.24) is 10.2 Å². The van der Waals surface area contributed by atoms with Crippen molar-refractivity contribution >= 4 is 39.3 Å². The van der Waals surface area contributed by atoms with Crippen LogP contribution in [0.5, 0.6) is 5.75 Å². The van der Waals surface area contributed by atoms with E-state index in [1.807, 2.05) is 44.4 Å². The van der Waals surface area contributed by atoms with Crippen LogP contribution in [0.15, 0.2) is 82.6 Å². The van der Waals surface area contributed by atoms with Gasteiger partial charge < -0.3 is 15.0 Å². The number of thioether (sulfide) groups is 1. The van der Waals surface area contributed by atoms with Crippen molar-refractivity contribution in [2.75, 3.05) is 30.8 Å². The van der Waals surface area contributed by atoms with Crippen molar-refractivity contribution in [2.24, 2.45) is 0 Å². The van der Waals surface area contributed by atoms with E-state index in [1.54, 1.807) is 43.3 Å². The highest BCUT2D eigenvalue weighted by molar-refractivity contribution is 7.98. The average Bonchev–Trinajstić information content (AvgIpc) is 2.97. The molecule has 3 rings (SSSR count). The molecular formula is C30H37N3O5S2. The van der Waals surface area contributed by atoms with E-state index < -0.39 is 28.5 Å². The minimum atomic E-state index is -4.19. The van der Waals surface area contributed by atoms with E-state index in [1.165, 1.54) is 35.8 Å². The van der Waals surface area contributed by atoms with Crippen LogP contribution >= 0.6 is 11.8 Å². The lowest BCUT2D eigenvalue weighted by atomic mass is 10.1. The molecule has 40 heavy (non-hydrogen) atoms. The van der Waals surface area contributed by atoms with Gasteiger partial charge in [-0.2, -0.15) is 0 Å². The van der Waals surface area contributed by atoms with E-state index in [2.05, 4.69) is 5.32 Å². The molecule has 3 aromatic carbocycles. The fraction of sp³-hybridized carbons (Fsp3) is 0.333. The molecule has 3 aromatic rings. The average molecular weight is 584 g/mol. The minimum absolute atomic E-state index is 0.0489. The fourth-order valence-corrected chi connectivity index (χ4v) is 6.14.